The van der Waals surface area contributed by atoms with Gasteiger partial charge in [0.15, 0.2) is 0 Å². The summed E-state index contributed by atoms with van der Waals surface area (Å²) < 4.78 is 0. The smallest absolute Gasteiger partial charge is 0.0734 e. The molecule has 1 aliphatic carbocycles. The first-order valence-electron chi connectivity index (χ1n) is 18.5. The third-order valence-electron chi connectivity index (χ3n) is 9.71. The maximum atomic E-state index is 5.36. The number of hydrazine groups is 1. The quantitative estimate of drug-likeness (QED) is 0.0665. The Hall–Kier alpha value is -6.72. The lowest BCUT2D eigenvalue weighted by Gasteiger charge is -2.38. The topological polar surface area (TPSA) is 67.3 Å². The van der Waals surface area contributed by atoms with Gasteiger partial charge in [0.1, 0.15) is 0 Å². The number of nitrogens with two attached hydrogens (primary N) is 2. The Morgan fingerprint density at radius 1 is 0.691 bits per heavy atom. The van der Waals surface area contributed by atoms with Crippen molar-refractivity contribution >= 4 is 16.9 Å². The van der Waals surface area contributed by atoms with E-state index >= 15 is 0 Å². The summed E-state index contributed by atoms with van der Waals surface area (Å²) >= 11 is 0. The molecule has 0 saturated carbocycles. The van der Waals surface area contributed by atoms with Crippen LogP contribution in [0.3, 0.4) is 0 Å². The van der Waals surface area contributed by atoms with Crippen molar-refractivity contribution in [2.24, 2.45) is 5.84 Å². The highest BCUT2D eigenvalue weighted by Gasteiger charge is 2.48. The average Bonchev–Trinajstić information content (AvgIpc) is 3.54. The molecule has 0 saturated heterocycles. The number of nitrogens with one attached hydrogen (secondary N) is 1. The average molecular weight is 717 g/mol. The predicted molar refractivity (Wildman–Crippen MR) is 235 cm³/mol. The number of anilines is 2. The number of hydrogen-bond donors (Lipinski definition) is 3. The molecular weight excluding hydrogens is 669 g/mol. The number of allylic oxidation sites excluding steroid dienone is 8. The van der Waals surface area contributed by atoms with E-state index < -0.39 is 5.41 Å². The molecule has 0 amide bonds. The molecule has 8 rings (SSSR count). The zero-order valence-electron chi connectivity index (χ0n) is 31.4. The van der Waals surface area contributed by atoms with E-state index in [-0.39, 0.29) is 0 Å². The van der Waals surface area contributed by atoms with Crippen LogP contribution in [-0.2, 0) is 12.0 Å². The number of rotatable bonds is 7. The minimum atomic E-state index is -0.526. The highest BCUT2D eigenvalue weighted by molar-refractivity contribution is 5.97. The van der Waals surface area contributed by atoms with E-state index in [1.165, 1.54) is 38.9 Å². The molecule has 2 aliphatic rings. The van der Waals surface area contributed by atoms with Crippen LogP contribution in [0.2, 0.25) is 0 Å². The molecule has 1 aliphatic heterocycles. The van der Waals surface area contributed by atoms with Crippen molar-refractivity contribution in [2.45, 2.75) is 18.9 Å². The van der Waals surface area contributed by atoms with Gasteiger partial charge in [0.2, 0.25) is 0 Å². The Bertz CT molecular complexity index is 2280. The van der Waals surface area contributed by atoms with Crippen LogP contribution in [0.1, 0.15) is 40.3 Å². The van der Waals surface area contributed by atoms with Gasteiger partial charge in [-0.15, -0.1) is 0 Å². The minimum absolute atomic E-state index is 0.526. The highest BCUT2D eigenvalue weighted by atomic mass is 15.2. The molecule has 0 spiro atoms. The van der Waals surface area contributed by atoms with E-state index in [2.05, 4.69) is 157 Å². The monoisotopic (exact) mass is 716 g/mol. The van der Waals surface area contributed by atoms with Gasteiger partial charge in [0.25, 0.3) is 0 Å². The minimum Gasteiger partial charge on any atom is -0.399 e. The van der Waals surface area contributed by atoms with Gasteiger partial charge in [-0.05, 0) is 76.2 Å². The van der Waals surface area contributed by atoms with E-state index in [1.54, 1.807) is 0 Å². The molecule has 1 heterocycles. The molecule has 5 N–H and O–H groups in total. The van der Waals surface area contributed by atoms with E-state index in [4.69, 9.17) is 11.6 Å². The van der Waals surface area contributed by atoms with Crippen LogP contribution in [0.15, 0.2) is 225 Å². The van der Waals surface area contributed by atoms with E-state index in [0.29, 0.717) is 0 Å². The lowest BCUT2D eigenvalue weighted by Crippen LogP contribution is -2.31. The normalized spacial score (nSPS) is 14.8. The second-order valence-corrected chi connectivity index (χ2v) is 13.1. The summed E-state index contributed by atoms with van der Waals surface area (Å²) in [4.78, 5) is 2.28. The van der Waals surface area contributed by atoms with Crippen molar-refractivity contribution in [1.29, 1.82) is 0 Å². The fraction of sp³-hybridized carbons (Fsp3) is 0.0588. The molecule has 4 heteroatoms. The van der Waals surface area contributed by atoms with Crippen LogP contribution >= 0.6 is 0 Å². The van der Waals surface area contributed by atoms with Crippen molar-refractivity contribution < 1.29 is 0 Å². The van der Waals surface area contributed by atoms with E-state index in [9.17, 15) is 0 Å². The van der Waals surface area contributed by atoms with Crippen molar-refractivity contribution in [3.05, 3.63) is 259 Å². The number of para-hydroxylation sites is 1. The highest BCUT2D eigenvalue weighted by Crippen LogP contribution is 2.60. The molecular formula is C51H48N4. The first-order chi connectivity index (χ1) is 27.0. The Balaban J connectivity index is 0.000000265. The third kappa shape index (κ3) is 8.12. The summed E-state index contributed by atoms with van der Waals surface area (Å²) in [7, 11) is 0. The van der Waals surface area contributed by atoms with Crippen LogP contribution in [-0.4, -0.2) is 0 Å². The number of benzene rings is 6. The zero-order valence-corrected chi connectivity index (χ0v) is 31.4. The summed E-state index contributed by atoms with van der Waals surface area (Å²) in [6.07, 6.45) is 16.5. The molecule has 6 aromatic rings. The van der Waals surface area contributed by atoms with Gasteiger partial charge in [-0.25, -0.2) is 0 Å². The van der Waals surface area contributed by atoms with Gasteiger partial charge in [-0.2, -0.15) is 0 Å². The molecule has 0 atom stereocenters. The maximum absolute atomic E-state index is 5.36. The molecule has 0 bridgehead atoms. The number of nitrogen functional groups attached to an aromatic ring is 1. The molecule has 272 valence electrons. The zero-order chi connectivity index (χ0) is 38.5. The number of hydrogen-bond acceptors (Lipinski definition) is 4. The molecule has 0 unspecified atom stereocenters. The lowest BCUT2D eigenvalue weighted by molar-refractivity contribution is 0.741. The Kier molecular flexibility index (Phi) is 12.7. The summed E-state index contributed by atoms with van der Waals surface area (Å²) in [5.41, 5.74) is 21.2. The fourth-order valence-corrected chi connectivity index (χ4v) is 7.32. The first kappa shape index (κ1) is 38.0. The second kappa shape index (κ2) is 18.4. The van der Waals surface area contributed by atoms with Gasteiger partial charge in [0.05, 0.1) is 11.1 Å². The van der Waals surface area contributed by atoms with Crippen molar-refractivity contribution in [3.8, 4) is 11.1 Å². The number of fused-ring (bicyclic) bond motifs is 5. The SMILES string of the molecule is C=C/C(=C\C=CC)N1/C=C\C=C/C(=C)c2ccc3c(c21)C(c1ccccc1)(c1ccccc1)c1ccccc1-3.NNCc1ccccc1.Nc1ccccc1. The predicted octanol–water partition coefficient (Wildman–Crippen LogP) is 11.5. The van der Waals surface area contributed by atoms with E-state index in [0.717, 1.165) is 34.8 Å². The molecule has 55 heavy (non-hydrogen) atoms. The molecule has 6 aromatic carbocycles. The summed E-state index contributed by atoms with van der Waals surface area (Å²) in [6, 6.07) is 54.7. The fourth-order valence-electron chi connectivity index (χ4n) is 7.32. The third-order valence-corrected chi connectivity index (χ3v) is 9.71. The van der Waals surface area contributed by atoms with Crippen LogP contribution < -0.4 is 21.9 Å². The van der Waals surface area contributed by atoms with Crippen molar-refractivity contribution in [1.82, 2.24) is 5.43 Å². The van der Waals surface area contributed by atoms with Crippen molar-refractivity contribution in [3.63, 3.8) is 0 Å². The van der Waals surface area contributed by atoms with Crippen LogP contribution in [0.4, 0.5) is 11.4 Å². The van der Waals surface area contributed by atoms with Crippen molar-refractivity contribution in [2.75, 3.05) is 10.6 Å². The van der Waals surface area contributed by atoms with Gasteiger partial charge in [-0.3, -0.25) is 11.3 Å². The first-order valence-corrected chi connectivity index (χ1v) is 18.5. The largest absolute Gasteiger partial charge is 0.399 e. The van der Waals surface area contributed by atoms with Gasteiger partial charge in [-0.1, -0.05) is 183 Å². The maximum Gasteiger partial charge on any atom is 0.0734 e. The second-order valence-electron chi connectivity index (χ2n) is 13.1. The molecule has 0 fully saturated rings. The van der Waals surface area contributed by atoms with Gasteiger partial charge < -0.3 is 10.6 Å². The van der Waals surface area contributed by atoms with Crippen LogP contribution in [0.5, 0.6) is 0 Å². The molecule has 4 nitrogen and oxygen atoms in total. The standard InChI is InChI=1S/C38H31N.C7H10N2.C6H7N/c1-4-6-22-31(5-2)39-27-16-15-17-28(3)32-25-26-34-33-23-13-14-24-35(33)38(36(34)37(32)39,29-18-9-7-10-19-29)30-20-11-8-12-21-30;8-9-6-7-4-2-1-3-5-7;7-6-4-2-1-3-5-6/h4-27H,2-3H2,1H3;1-5,9H,6,8H2;1-5H,7H2/b6-4?,17-15-,27-16-,31-22+;;. The lowest BCUT2D eigenvalue weighted by atomic mass is 9.66. The van der Waals surface area contributed by atoms with Crippen LogP contribution in [0, 0.1) is 0 Å². The Morgan fingerprint density at radius 3 is 1.82 bits per heavy atom. The Labute approximate surface area is 326 Å². The summed E-state index contributed by atoms with van der Waals surface area (Å²) in [5.74, 6) is 5.11. The number of nitrogens with zero attached hydrogens (tertiary/aromatic N) is 1. The van der Waals surface area contributed by atoms with Crippen LogP contribution in [0.25, 0.3) is 16.7 Å². The Morgan fingerprint density at radius 2 is 1.25 bits per heavy atom. The van der Waals surface area contributed by atoms with Gasteiger partial charge in [0, 0.05) is 35.3 Å². The summed E-state index contributed by atoms with van der Waals surface area (Å²) in [6.45, 7) is 11.5. The van der Waals surface area contributed by atoms with Gasteiger partial charge >= 0.3 is 0 Å². The summed E-state index contributed by atoms with van der Waals surface area (Å²) in [5, 5.41) is 0. The van der Waals surface area contributed by atoms with E-state index in [1.807, 2.05) is 79.7 Å². The molecule has 0 radical (unpaired) electrons. The molecule has 0 aromatic heterocycles.